The first-order chi connectivity index (χ1) is 11.6. The minimum Gasteiger partial charge on any atom is -0.378 e. The average molecular weight is 333 g/mol. The second-order valence-corrected chi connectivity index (χ2v) is 8.51. The van der Waals surface area contributed by atoms with Crippen LogP contribution >= 0.6 is 0 Å². The summed E-state index contributed by atoms with van der Waals surface area (Å²) in [4.78, 5) is 2.33. The smallest absolute Gasteiger partial charge is 0.113 e. The van der Waals surface area contributed by atoms with Crippen LogP contribution in [0.25, 0.3) is 0 Å². The van der Waals surface area contributed by atoms with Crippen LogP contribution in [-0.2, 0) is 0 Å². The molecule has 24 heavy (non-hydrogen) atoms. The van der Waals surface area contributed by atoms with Crippen molar-refractivity contribution >= 4 is 0 Å². The zero-order valence-electron chi connectivity index (χ0n) is 15.5. The predicted octanol–water partition coefficient (Wildman–Crippen LogP) is 3.55. The highest BCUT2D eigenvalue weighted by Gasteiger charge is 2.33. The third-order valence-electron chi connectivity index (χ3n) is 7.01. The van der Waals surface area contributed by atoms with E-state index < -0.39 is 0 Å². The highest BCUT2D eigenvalue weighted by molar-refractivity contribution is 5.08. The minimum atomic E-state index is -0.285. The Bertz CT molecular complexity index is 464. The molecule has 1 fully saturated rings. The van der Waals surface area contributed by atoms with Crippen molar-refractivity contribution in [2.45, 2.75) is 58.6 Å². The Morgan fingerprint density at radius 1 is 1.17 bits per heavy atom. The Morgan fingerprint density at radius 3 is 2.50 bits per heavy atom. The van der Waals surface area contributed by atoms with E-state index in [1.165, 1.54) is 37.7 Å². The van der Waals surface area contributed by atoms with Gasteiger partial charge in [-0.15, -0.1) is 0 Å². The van der Waals surface area contributed by atoms with Gasteiger partial charge in [0.1, 0.15) is 6.23 Å². The fourth-order valence-electron chi connectivity index (χ4n) is 4.90. The van der Waals surface area contributed by atoms with Gasteiger partial charge in [0.2, 0.25) is 0 Å². The molecule has 3 nitrogen and oxygen atoms in total. The van der Waals surface area contributed by atoms with Crippen molar-refractivity contribution in [1.82, 2.24) is 4.90 Å². The summed E-state index contributed by atoms with van der Waals surface area (Å²) in [6.45, 7) is 7.45. The van der Waals surface area contributed by atoms with Gasteiger partial charge in [0.15, 0.2) is 0 Å². The van der Waals surface area contributed by atoms with Gasteiger partial charge < -0.3 is 10.8 Å². The van der Waals surface area contributed by atoms with E-state index in [9.17, 15) is 5.11 Å². The van der Waals surface area contributed by atoms with Crippen LogP contribution in [0.4, 0.5) is 0 Å². The van der Waals surface area contributed by atoms with Crippen molar-refractivity contribution in [3.63, 3.8) is 0 Å². The molecule has 3 aliphatic rings. The van der Waals surface area contributed by atoms with Crippen molar-refractivity contribution < 1.29 is 5.11 Å². The van der Waals surface area contributed by atoms with Crippen LogP contribution in [0, 0.1) is 29.6 Å². The topological polar surface area (TPSA) is 49.5 Å². The van der Waals surface area contributed by atoms with Crippen LogP contribution in [0.3, 0.4) is 0 Å². The molecule has 0 radical (unpaired) electrons. The van der Waals surface area contributed by atoms with Crippen molar-refractivity contribution in [2.24, 2.45) is 35.3 Å². The van der Waals surface area contributed by atoms with E-state index in [1.54, 1.807) is 0 Å². The summed E-state index contributed by atoms with van der Waals surface area (Å²) in [6.07, 6.45) is 14.0. The van der Waals surface area contributed by atoms with E-state index >= 15 is 0 Å². The fourth-order valence-corrected chi connectivity index (χ4v) is 4.90. The summed E-state index contributed by atoms with van der Waals surface area (Å²) in [5.74, 6) is 3.33. The van der Waals surface area contributed by atoms with Gasteiger partial charge in [0, 0.05) is 25.6 Å². The number of aliphatic hydroxyl groups is 1. The van der Waals surface area contributed by atoms with Crippen LogP contribution in [0.1, 0.15) is 52.4 Å². The second-order valence-electron chi connectivity index (χ2n) is 8.51. The number of piperidine rings is 1. The lowest BCUT2D eigenvalue weighted by atomic mass is 9.76. The predicted molar refractivity (Wildman–Crippen MR) is 100 cm³/mol. The van der Waals surface area contributed by atoms with E-state index in [4.69, 9.17) is 5.73 Å². The van der Waals surface area contributed by atoms with Crippen molar-refractivity contribution in [3.8, 4) is 0 Å². The largest absolute Gasteiger partial charge is 0.378 e. The van der Waals surface area contributed by atoms with Gasteiger partial charge in [-0.05, 0) is 62.2 Å². The van der Waals surface area contributed by atoms with Gasteiger partial charge >= 0.3 is 0 Å². The molecule has 5 atom stereocenters. The number of nitrogens with two attached hydrogens (primary N) is 1. The molecule has 0 aromatic heterocycles. The van der Waals surface area contributed by atoms with Crippen molar-refractivity contribution in [1.29, 1.82) is 0 Å². The molecule has 1 saturated heterocycles. The molecule has 0 aromatic rings. The molecule has 3 heteroatoms. The maximum atomic E-state index is 10.8. The highest BCUT2D eigenvalue weighted by atomic mass is 16.3. The zero-order valence-corrected chi connectivity index (χ0v) is 15.5. The fraction of sp³-hybridized carbons (Fsp3) is 0.810. The first kappa shape index (κ1) is 18.2. The number of rotatable bonds is 4. The van der Waals surface area contributed by atoms with Gasteiger partial charge in [-0.3, -0.25) is 4.90 Å². The van der Waals surface area contributed by atoms with Crippen LogP contribution in [-0.4, -0.2) is 35.9 Å². The van der Waals surface area contributed by atoms with Crippen LogP contribution in [0.2, 0.25) is 0 Å². The summed E-state index contributed by atoms with van der Waals surface area (Å²) in [5, 5.41) is 10.8. The maximum absolute atomic E-state index is 10.8. The number of nitrogens with zero attached hydrogens (tertiary/aromatic N) is 1. The summed E-state index contributed by atoms with van der Waals surface area (Å²) >= 11 is 0. The minimum absolute atomic E-state index is 0.285. The number of hydrogen-bond donors (Lipinski definition) is 2. The van der Waals surface area contributed by atoms with Gasteiger partial charge in [0.25, 0.3) is 0 Å². The molecule has 3 rings (SSSR count). The van der Waals surface area contributed by atoms with Gasteiger partial charge in [0.05, 0.1) is 0 Å². The van der Waals surface area contributed by atoms with Crippen molar-refractivity contribution in [3.05, 3.63) is 23.8 Å². The van der Waals surface area contributed by atoms with E-state index in [0.29, 0.717) is 17.8 Å². The van der Waals surface area contributed by atoms with Crippen LogP contribution in [0.5, 0.6) is 0 Å². The summed E-state index contributed by atoms with van der Waals surface area (Å²) in [7, 11) is 0. The molecule has 1 aliphatic heterocycles. The lowest BCUT2D eigenvalue weighted by molar-refractivity contribution is -0.0550. The third kappa shape index (κ3) is 4.12. The molecule has 1 heterocycles. The molecule has 0 saturated carbocycles. The molecule has 5 unspecified atom stereocenters. The average Bonchev–Trinajstić information content (AvgIpc) is 2.63. The Kier molecular flexibility index (Phi) is 6.17. The second kappa shape index (κ2) is 8.16. The molecule has 2 aliphatic carbocycles. The summed E-state index contributed by atoms with van der Waals surface area (Å²) < 4.78 is 0. The Labute approximate surface area is 148 Å². The molecule has 0 aromatic carbocycles. The summed E-state index contributed by atoms with van der Waals surface area (Å²) in [5.41, 5.74) is 7.21. The van der Waals surface area contributed by atoms with Gasteiger partial charge in [-0.25, -0.2) is 0 Å². The summed E-state index contributed by atoms with van der Waals surface area (Å²) in [6, 6.07) is 0. The van der Waals surface area contributed by atoms with E-state index in [-0.39, 0.29) is 6.23 Å². The Morgan fingerprint density at radius 2 is 1.92 bits per heavy atom. The molecule has 0 amide bonds. The number of allylic oxidation sites excluding steroid dienone is 2. The van der Waals surface area contributed by atoms with E-state index in [0.717, 1.165) is 37.9 Å². The lowest BCUT2D eigenvalue weighted by Crippen LogP contribution is -2.46. The first-order valence-electron chi connectivity index (χ1n) is 10.1. The lowest BCUT2D eigenvalue weighted by Gasteiger charge is -2.42. The Balaban J connectivity index is 1.48. The van der Waals surface area contributed by atoms with Crippen LogP contribution in [0.15, 0.2) is 23.8 Å². The zero-order chi connectivity index (χ0) is 17.1. The molecule has 0 spiro atoms. The van der Waals surface area contributed by atoms with Gasteiger partial charge in [-0.1, -0.05) is 37.6 Å². The van der Waals surface area contributed by atoms with E-state index in [2.05, 4.69) is 37.0 Å². The first-order valence-corrected chi connectivity index (χ1v) is 10.1. The molecule has 0 bridgehead atoms. The van der Waals surface area contributed by atoms with E-state index in [1.807, 2.05) is 0 Å². The normalized spacial score (nSPS) is 37.2. The molecular weight excluding hydrogens is 296 g/mol. The van der Waals surface area contributed by atoms with Gasteiger partial charge in [-0.2, -0.15) is 0 Å². The molecule has 3 N–H and O–H groups in total. The van der Waals surface area contributed by atoms with Crippen molar-refractivity contribution in [2.75, 3.05) is 19.6 Å². The molecular formula is C21H36N2O. The third-order valence-corrected chi connectivity index (χ3v) is 7.01. The molecule has 136 valence electrons. The number of hydrogen-bond acceptors (Lipinski definition) is 3. The number of aliphatic hydroxyl groups excluding tert-OH is 1. The number of likely N-dealkylation sites (tertiary alicyclic amines) is 1. The quantitative estimate of drug-likeness (QED) is 0.774. The monoisotopic (exact) mass is 332 g/mol. The standard InChI is InChI=1S/C21H36N2O/c1-15-3-6-20(13-16(15)2)21(24)23-11-9-19(10-12-23)18-7-4-17(14-22)5-8-18/h3-4,6,15-16,18-21,24H,5,7-14,22H2,1-2H3. The Hall–Kier alpha value is -0.640. The highest BCUT2D eigenvalue weighted by Crippen LogP contribution is 2.37. The maximum Gasteiger partial charge on any atom is 0.113 e. The van der Waals surface area contributed by atoms with Crippen LogP contribution < -0.4 is 5.73 Å². The SMILES string of the molecule is CC1C=CC(C(O)N2CCC(C3CC=C(CN)CC3)CC2)CC1C.